The third kappa shape index (κ3) is 2.53. The average Bonchev–Trinajstić information content (AvgIpc) is 2.17. The number of rotatable bonds is 4. The molecule has 0 N–H and O–H groups in total. The maximum Gasteiger partial charge on any atom is 0.299 e. The Bertz CT molecular complexity index is 377. The highest BCUT2D eigenvalue weighted by atomic mass is 32.2. The Labute approximate surface area is 83.4 Å². The van der Waals surface area contributed by atoms with Crippen LogP contribution in [0.4, 0.5) is 0 Å². The zero-order valence-electron chi connectivity index (χ0n) is 7.72. The Balaban J connectivity index is 3.04. The lowest BCUT2D eigenvalue weighted by Crippen LogP contribution is -1.94. The van der Waals surface area contributed by atoms with Crippen LogP contribution in [0.2, 0.25) is 0 Å². The summed E-state index contributed by atoms with van der Waals surface area (Å²) in [4.78, 5) is 0. The standard InChI is InChI=1S/C8H10O5S/c1-11-6-3-4-7(13-14(9)10)8(5-6)12-2/h3-5,14H,1-2H3. The smallest absolute Gasteiger partial charge is 0.299 e. The molecular formula is C8H10O5S. The Morgan fingerprint density at radius 2 is 1.79 bits per heavy atom. The van der Waals surface area contributed by atoms with Crippen LogP contribution in [0.15, 0.2) is 18.2 Å². The van der Waals surface area contributed by atoms with E-state index in [4.69, 9.17) is 9.47 Å². The van der Waals surface area contributed by atoms with Gasteiger partial charge in [0, 0.05) is 6.07 Å². The first-order chi connectivity index (χ1) is 6.67. The monoisotopic (exact) mass is 218 g/mol. The van der Waals surface area contributed by atoms with Crippen LogP contribution in [0.1, 0.15) is 0 Å². The molecule has 0 atom stereocenters. The molecule has 5 nitrogen and oxygen atoms in total. The zero-order valence-corrected chi connectivity index (χ0v) is 8.61. The summed E-state index contributed by atoms with van der Waals surface area (Å²) in [5.41, 5.74) is 0. The predicted molar refractivity (Wildman–Crippen MR) is 50.5 cm³/mol. The maximum absolute atomic E-state index is 10.3. The highest BCUT2D eigenvalue weighted by molar-refractivity contribution is 7.67. The summed E-state index contributed by atoms with van der Waals surface area (Å²) in [6.45, 7) is 0. The molecule has 0 saturated carbocycles. The van der Waals surface area contributed by atoms with Crippen LogP contribution in [-0.4, -0.2) is 22.6 Å². The van der Waals surface area contributed by atoms with Gasteiger partial charge in [-0.15, -0.1) is 0 Å². The van der Waals surface area contributed by atoms with Crippen LogP contribution >= 0.6 is 0 Å². The minimum Gasteiger partial charge on any atom is -0.497 e. The fourth-order valence-electron chi connectivity index (χ4n) is 0.931. The second-order valence-corrected chi connectivity index (χ2v) is 2.96. The Hall–Kier alpha value is -1.43. The van der Waals surface area contributed by atoms with E-state index in [0.717, 1.165) is 0 Å². The van der Waals surface area contributed by atoms with Crippen molar-refractivity contribution in [2.75, 3.05) is 14.2 Å². The molecule has 14 heavy (non-hydrogen) atoms. The van der Waals surface area contributed by atoms with E-state index in [0.29, 0.717) is 11.5 Å². The van der Waals surface area contributed by atoms with Gasteiger partial charge < -0.3 is 13.7 Å². The first kappa shape index (κ1) is 10.6. The summed E-state index contributed by atoms with van der Waals surface area (Å²) >= 11 is 0. The number of hydrogen-bond donors (Lipinski definition) is 1. The van der Waals surface area contributed by atoms with Crippen molar-refractivity contribution in [1.82, 2.24) is 0 Å². The molecule has 0 aliphatic carbocycles. The predicted octanol–water partition coefficient (Wildman–Crippen LogP) is 0.609. The van der Waals surface area contributed by atoms with E-state index in [-0.39, 0.29) is 5.75 Å². The van der Waals surface area contributed by atoms with Gasteiger partial charge in [-0.25, -0.2) is 0 Å². The van der Waals surface area contributed by atoms with Gasteiger partial charge >= 0.3 is 0 Å². The molecule has 0 unspecified atom stereocenters. The summed E-state index contributed by atoms with van der Waals surface area (Å²) in [5, 5.41) is 0. The van der Waals surface area contributed by atoms with Crippen molar-refractivity contribution in [2.24, 2.45) is 0 Å². The number of hydrogen-bond acceptors (Lipinski definition) is 5. The van der Waals surface area contributed by atoms with Gasteiger partial charge in [-0.3, -0.25) is 0 Å². The summed E-state index contributed by atoms with van der Waals surface area (Å²) in [7, 11) is -0.0139. The number of benzene rings is 1. The molecule has 1 aromatic rings. The van der Waals surface area contributed by atoms with Crippen molar-refractivity contribution in [3.05, 3.63) is 18.2 Å². The maximum atomic E-state index is 10.3. The van der Waals surface area contributed by atoms with E-state index in [1.807, 2.05) is 0 Å². The molecule has 0 spiro atoms. The Morgan fingerprint density at radius 3 is 2.29 bits per heavy atom. The van der Waals surface area contributed by atoms with Gasteiger partial charge in [0.05, 0.1) is 14.2 Å². The van der Waals surface area contributed by atoms with Crippen molar-refractivity contribution >= 4 is 11.0 Å². The van der Waals surface area contributed by atoms with Gasteiger partial charge in [0.15, 0.2) is 11.5 Å². The SMILES string of the molecule is COc1ccc(O[SH](=O)=O)c(OC)c1. The molecule has 1 rings (SSSR count). The van der Waals surface area contributed by atoms with Crippen molar-refractivity contribution < 1.29 is 22.1 Å². The van der Waals surface area contributed by atoms with E-state index in [9.17, 15) is 8.42 Å². The van der Waals surface area contributed by atoms with Crippen LogP contribution in [0.25, 0.3) is 0 Å². The number of methoxy groups -OCH3 is 2. The quantitative estimate of drug-likeness (QED) is 0.750. The molecule has 0 saturated heterocycles. The molecule has 0 aliphatic rings. The largest absolute Gasteiger partial charge is 0.497 e. The van der Waals surface area contributed by atoms with E-state index >= 15 is 0 Å². The first-order valence-corrected chi connectivity index (χ1v) is 4.81. The number of ether oxygens (including phenoxy) is 2. The lowest BCUT2D eigenvalue weighted by molar-refractivity contribution is 0.380. The second kappa shape index (κ2) is 4.71. The van der Waals surface area contributed by atoms with Gasteiger partial charge in [0.1, 0.15) is 5.75 Å². The minimum absolute atomic E-state index is 0.143. The van der Waals surface area contributed by atoms with Gasteiger partial charge in [0.2, 0.25) is 0 Å². The highest BCUT2D eigenvalue weighted by Crippen LogP contribution is 2.30. The third-order valence-corrected chi connectivity index (χ3v) is 1.89. The van der Waals surface area contributed by atoms with Gasteiger partial charge in [0.25, 0.3) is 11.0 Å². The number of thiol groups is 1. The molecule has 1 aromatic carbocycles. The lowest BCUT2D eigenvalue weighted by atomic mass is 10.3. The van der Waals surface area contributed by atoms with Crippen molar-refractivity contribution in [2.45, 2.75) is 0 Å². The van der Waals surface area contributed by atoms with E-state index in [2.05, 4.69) is 4.18 Å². The van der Waals surface area contributed by atoms with Crippen LogP contribution in [0, 0.1) is 0 Å². The summed E-state index contributed by atoms with van der Waals surface area (Å²) in [6.07, 6.45) is 0. The fraction of sp³-hybridized carbons (Fsp3) is 0.250. The van der Waals surface area contributed by atoms with Gasteiger partial charge in [-0.1, -0.05) is 0 Å². The van der Waals surface area contributed by atoms with E-state index in [1.165, 1.54) is 26.4 Å². The molecule has 0 aliphatic heterocycles. The topological polar surface area (TPSA) is 61.8 Å². The highest BCUT2D eigenvalue weighted by Gasteiger charge is 2.06. The lowest BCUT2D eigenvalue weighted by Gasteiger charge is -2.07. The molecule has 0 radical (unpaired) electrons. The minimum atomic E-state index is -2.93. The molecule has 0 heterocycles. The van der Waals surface area contributed by atoms with Crippen LogP contribution in [0.5, 0.6) is 17.2 Å². The zero-order chi connectivity index (χ0) is 10.6. The van der Waals surface area contributed by atoms with Crippen molar-refractivity contribution in [3.8, 4) is 17.2 Å². The van der Waals surface area contributed by atoms with Crippen LogP contribution in [-0.2, 0) is 11.0 Å². The summed E-state index contributed by atoms with van der Waals surface area (Å²) in [5.74, 6) is 1.02. The molecule has 6 heteroatoms. The van der Waals surface area contributed by atoms with Gasteiger partial charge in [-0.2, -0.15) is 8.42 Å². The Morgan fingerprint density at radius 1 is 1.07 bits per heavy atom. The summed E-state index contributed by atoms with van der Waals surface area (Å²) in [6, 6.07) is 4.58. The Kier molecular flexibility index (Phi) is 3.58. The van der Waals surface area contributed by atoms with E-state index < -0.39 is 11.0 Å². The molecule has 0 fully saturated rings. The average molecular weight is 218 g/mol. The van der Waals surface area contributed by atoms with Crippen molar-refractivity contribution in [1.29, 1.82) is 0 Å². The molecular weight excluding hydrogens is 208 g/mol. The first-order valence-electron chi connectivity index (χ1n) is 3.71. The van der Waals surface area contributed by atoms with Crippen LogP contribution < -0.4 is 13.7 Å². The molecule has 0 bridgehead atoms. The molecule has 78 valence electrons. The van der Waals surface area contributed by atoms with Gasteiger partial charge in [-0.05, 0) is 12.1 Å². The van der Waals surface area contributed by atoms with Crippen molar-refractivity contribution in [3.63, 3.8) is 0 Å². The molecule has 0 amide bonds. The second-order valence-electron chi connectivity index (χ2n) is 2.33. The summed E-state index contributed by atoms with van der Waals surface area (Å²) < 4.78 is 35.0. The fourth-order valence-corrected chi connectivity index (χ4v) is 1.24. The van der Waals surface area contributed by atoms with Crippen LogP contribution in [0.3, 0.4) is 0 Å². The third-order valence-electron chi connectivity index (χ3n) is 1.54. The van der Waals surface area contributed by atoms with E-state index in [1.54, 1.807) is 6.07 Å². The molecule has 0 aromatic heterocycles. The normalized spacial score (nSPS) is 9.93.